The van der Waals surface area contributed by atoms with Gasteiger partial charge in [-0.3, -0.25) is 5.32 Å². The minimum absolute atomic E-state index is 0.0425. The van der Waals surface area contributed by atoms with Gasteiger partial charge in [0.15, 0.2) is 0 Å². The first kappa shape index (κ1) is 20.8. The number of likely N-dealkylation sites (N-methyl/N-ethyl adjacent to an activating group) is 1. The van der Waals surface area contributed by atoms with Crippen molar-refractivity contribution in [1.82, 2.24) is 10.2 Å². The Morgan fingerprint density at radius 2 is 1.90 bits per heavy atom. The first-order valence-electron chi connectivity index (χ1n) is 10.2. The number of rotatable bonds is 2. The zero-order chi connectivity index (χ0) is 22.3. The lowest BCUT2D eigenvalue weighted by molar-refractivity contribution is 0.0557. The van der Waals surface area contributed by atoms with E-state index in [1.54, 1.807) is 19.2 Å². The Kier molecular flexibility index (Phi) is 5.13. The molecule has 0 bridgehead atoms. The van der Waals surface area contributed by atoms with Gasteiger partial charge in [-0.25, -0.2) is 9.79 Å². The predicted octanol–water partition coefficient (Wildman–Crippen LogP) is 3.91. The number of carbonyl (C=O) groups excluding carboxylic acids is 1. The molecule has 162 valence electrons. The minimum atomic E-state index is -0.601. The Morgan fingerprint density at radius 1 is 1.19 bits per heavy atom. The molecule has 0 spiro atoms. The summed E-state index contributed by atoms with van der Waals surface area (Å²) in [5.74, 6) is 1.40. The Hall–Kier alpha value is -3.48. The normalized spacial score (nSPS) is 17.6. The highest BCUT2D eigenvalue weighted by atomic mass is 16.6. The molecular weight excluding hydrogens is 394 g/mol. The van der Waals surface area contributed by atoms with Crippen LogP contribution in [0.4, 0.5) is 4.79 Å². The van der Waals surface area contributed by atoms with Crippen LogP contribution < -0.4 is 10.1 Å². The van der Waals surface area contributed by atoms with Crippen LogP contribution in [0.2, 0.25) is 0 Å². The number of benzene rings is 2. The van der Waals surface area contributed by atoms with Crippen molar-refractivity contribution in [3.63, 3.8) is 0 Å². The van der Waals surface area contributed by atoms with Crippen molar-refractivity contribution in [2.45, 2.75) is 38.8 Å². The maximum absolute atomic E-state index is 12.3. The summed E-state index contributed by atoms with van der Waals surface area (Å²) in [7, 11) is 3.54. The number of nitrogens with one attached hydrogen (secondary N) is 1. The number of carbonyl (C=O) groups is 1. The van der Waals surface area contributed by atoms with Gasteiger partial charge in [0.25, 0.3) is 0 Å². The van der Waals surface area contributed by atoms with Crippen molar-refractivity contribution >= 4 is 17.6 Å². The summed E-state index contributed by atoms with van der Waals surface area (Å²) in [6, 6.07) is 13.1. The topological polar surface area (TPSA) is 83.4 Å². The third kappa shape index (κ3) is 4.08. The van der Waals surface area contributed by atoms with Crippen molar-refractivity contribution in [1.29, 1.82) is 0 Å². The van der Waals surface area contributed by atoms with E-state index in [1.165, 1.54) is 0 Å². The molecule has 2 N–H and O–H groups in total. The molecular formula is C24H27N3O4. The molecule has 0 fully saturated rings. The molecule has 2 aromatic rings. The summed E-state index contributed by atoms with van der Waals surface area (Å²) in [5.41, 5.74) is 4.18. The molecule has 0 saturated carbocycles. The second-order valence-corrected chi connectivity index (χ2v) is 8.72. The van der Waals surface area contributed by atoms with E-state index in [9.17, 15) is 9.90 Å². The fraction of sp³-hybridized carbons (Fsp3) is 0.333. The first-order valence-corrected chi connectivity index (χ1v) is 10.2. The molecule has 31 heavy (non-hydrogen) atoms. The van der Waals surface area contributed by atoms with Crippen LogP contribution in [0.25, 0.3) is 5.57 Å². The number of methoxy groups -OCH3 is 1. The van der Waals surface area contributed by atoms with E-state index >= 15 is 0 Å². The third-order valence-corrected chi connectivity index (χ3v) is 5.37. The number of amides is 1. The number of alkyl carbamates (subject to hydrolysis) is 1. The predicted molar refractivity (Wildman–Crippen MR) is 119 cm³/mol. The van der Waals surface area contributed by atoms with E-state index in [0.717, 1.165) is 33.7 Å². The van der Waals surface area contributed by atoms with E-state index in [1.807, 2.05) is 63.1 Å². The highest BCUT2D eigenvalue weighted by molar-refractivity contribution is 5.99. The molecule has 1 aliphatic heterocycles. The zero-order valence-electron chi connectivity index (χ0n) is 18.4. The number of hydrogen-bond acceptors (Lipinski definition) is 6. The number of aromatic hydroxyl groups is 1. The highest BCUT2D eigenvalue weighted by Crippen LogP contribution is 2.42. The lowest BCUT2D eigenvalue weighted by atomic mass is 9.82. The quantitative estimate of drug-likeness (QED) is 0.768. The highest BCUT2D eigenvalue weighted by Gasteiger charge is 2.37. The number of ether oxygens (including phenoxy) is 2. The number of nitrogens with zero attached hydrogens (tertiary/aromatic N) is 2. The maximum Gasteiger partial charge on any atom is 0.414 e. The average molecular weight is 421 g/mol. The van der Waals surface area contributed by atoms with Crippen LogP contribution in [-0.2, 0) is 11.2 Å². The van der Waals surface area contributed by atoms with Gasteiger partial charge in [0.05, 0.1) is 18.8 Å². The molecule has 2 aliphatic rings. The Balaban J connectivity index is 1.80. The molecule has 1 heterocycles. The summed E-state index contributed by atoms with van der Waals surface area (Å²) in [6.45, 7) is 5.46. The largest absolute Gasteiger partial charge is 0.508 e. The van der Waals surface area contributed by atoms with Gasteiger partial charge in [0.1, 0.15) is 17.1 Å². The van der Waals surface area contributed by atoms with Crippen LogP contribution in [0.15, 0.2) is 53.2 Å². The maximum atomic E-state index is 12.3. The zero-order valence-corrected chi connectivity index (χ0v) is 18.4. The monoisotopic (exact) mass is 421 g/mol. The molecule has 0 aromatic heterocycles. The van der Waals surface area contributed by atoms with Crippen LogP contribution in [-0.4, -0.2) is 47.9 Å². The lowest BCUT2D eigenvalue weighted by Crippen LogP contribution is -2.45. The Bertz CT molecular complexity index is 1080. The van der Waals surface area contributed by atoms with Crippen molar-refractivity contribution < 1.29 is 19.4 Å². The lowest BCUT2D eigenvalue weighted by Gasteiger charge is -2.30. The van der Waals surface area contributed by atoms with E-state index < -0.39 is 11.7 Å². The fourth-order valence-electron chi connectivity index (χ4n) is 3.95. The molecule has 0 unspecified atom stereocenters. The average Bonchev–Trinajstić information content (AvgIpc) is 3.00. The molecule has 0 radical (unpaired) electrons. The Labute approximate surface area is 182 Å². The fourth-order valence-corrected chi connectivity index (χ4v) is 3.95. The van der Waals surface area contributed by atoms with Gasteiger partial charge in [-0.15, -0.1) is 0 Å². The SMILES string of the molecule is COc1ccc(C2=C3N=C(NC(=O)OC(C)(C)C)N(C)[C@@H]3Cc3ccc(O)cc32)cc1. The van der Waals surface area contributed by atoms with Crippen molar-refractivity contribution in [3.8, 4) is 11.5 Å². The summed E-state index contributed by atoms with van der Waals surface area (Å²) >= 11 is 0. The molecule has 2 aromatic carbocycles. The summed E-state index contributed by atoms with van der Waals surface area (Å²) in [6.07, 6.45) is 0.169. The van der Waals surface area contributed by atoms with Crippen molar-refractivity contribution in [3.05, 3.63) is 64.9 Å². The third-order valence-electron chi connectivity index (χ3n) is 5.37. The number of phenolic OH excluding ortho intramolecular Hbond substituents is 1. The van der Waals surface area contributed by atoms with Gasteiger partial charge in [0, 0.05) is 12.6 Å². The van der Waals surface area contributed by atoms with Crippen LogP contribution in [0.3, 0.4) is 0 Å². The minimum Gasteiger partial charge on any atom is -0.508 e. The summed E-state index contributed by atoms with van der Waals surface area (Å²) in [4.78, 5) is 19.1. The molecule has 0 saturated heterocycles. The molecule has 1 atom stereocenters. The van der Waals surface area contributed by atoms with E-state index in [2.05, 4.69) is 5.32 Å². The van der Waals surface area contributed by atoms with E-state index in [0.29, 0.717) is 12.4 Å². The number of fused-ring (bicyclic) bond motifs is 2. The standard InChI is InChI=1S/C24H27N3O4/c1-24(2,3)31-23(29)26-22-25-21-19(27(22)4)12-15-6-9-16(28)13-18(15)20(21)14-7-10-17(30-5)11-8-14/h6-11,13,19,28H,12H2,1-5H3,(H,25,26,29)/t19-/m1/s1. The number of phenols is 1. The van der Waals surface area contributed by atoms with Gasteiger partial charge in [-0.05, 0) is 68.1 Å². The number of guanidine groups is 1. The van der Waals surface area contributed by atoms with Crippen LogP contribution in [0.1, 0.15) is 37.5 Å². The van der Waals surface area contributed by atoms with Gasteiger partial charge in [0.2, 0.25) is 5.96 Å². The van der Waals surface area contributed by atoms with Gasteiger partial charge >= 0.3 is 6.09 Å². The van der Waals surface area contributed by atoms with Crippen LogP contribution in [0, 0.1) is 0 Å². The van der Waals surface area contributed by atoms with Crippen LogP contribution in [0.5, 0.6) is 11.5 Å². The first-order chi connectivity index (χ1) is 14.7. The molecule has 1 aliphatic carbocycles. The summed E-state index contributed by atoms with van der Waals surface area (Å²) < 4.78 is 10.7. The van der Waals surface area contributed by atoms with Crippen molar-refractivity contribution in [2.75, 3.05) is 14.2 Å². The van der Waals surface area contributed by atoms with Gasteiger partial charge < -0.3 is 19.5 Å². The molecule has 7 heteroatoms. The van der Waals surface area contributed by atoms with Gasteiger partial charge in [-0.1, -0.05) is 18.2 Å². The Morgan fingerprint density at radius 3 is 2.55 bits per heavy atom. The van der Waals surface area contributed by atoms with Crippen LogP contribution >= 0.6 is 0 Å². The number of hydrogen-bond donors (Lipinski definition) is 2. The molecule has 1 amide bonds. The van der Waals surface area contributed by atoms with Gasteiger partial charge in [-0.2, -0.15) is 0 Å². The number of aliphatic imine (C=N–C) groups is 1. The van der Waals surface area contributed by atoms with E-state index in [4.69, 9.17) is 14.5 Å². The second-order valence-electron chi connectivity index (χ2n) is 8.72. The second kappa shape index (κ2) is 7.65. The summed E-state index contributed by atoms with van der Waals surface area (Å²) in [5, 5.41) is 12.9. The van der Waals surface area contributed by atoms with Crippen molar-refractivity contribution in [2.24, 2.45) is 4.99 Å². The molecule has 4 rings (SSSR count). The smallest absolute Gasteiger partial charge is 0.414 e. The van der Waals surface area contributed by atoms with E-state index in [-0.39, 0.29) is 11.8 Å². The molecule has 7 nitrogen and oxygen atoms in total.